The Hall–Kier alpha value is -3.59. The van der Waals surface area contributed by atoms with E-state index in [0.29, 0.717) is 5.56 Å². The molecule has 0 radical (unpaired) electrons. The lowest BCUT2D eigenvalue weighted by atomic mass is 9.96. The van der Waals surface area contributed by atoms with Crippen LogP contribution in [0.1, 0.15) is 17.2 Å². The highest BCUT2D eigenvalue weighted by atomic mass is 16.6. The largest absolute Gasteiger partial charge is 0.507 e. The Labute approximate surface area is 160 Å². The van der Waals surface area contributed by atoms with Gasteiger partial charge in [-0.2, -0.15) is 0 Å². The van der Waals surface area contributed by atoms with E-state index in [9.17, 15) is 24.8 Å². The summed E-state index contributed by atoms with van der Waals surface area (Å²) in [5.74, 6) is -2.10. The molecule has 1 amide bonds. The second kappa shape index (κ2) is 7.97. The van der Waals surface area contributed by atoms with Crippen LogP contribution in [0.25, 0.3) is 5.76 Å². The summed E-state index contributed by atoms with van der Waals surface area (Å²) >= 11 is 0. The third kappa shape index (κ3) is 3.47. The van der Waals surface area contributed by atoms with Gasteiger partial charge in [-0.15, -0.1) is 0 Å². The lowest BCUT2D eigenvalue weighted by Crippen LogP contribution is -2.32. The number of carbonyl (C=O) groups is 2. The molecule has 1 aromatic heterocycles. The number of ketones is 1. The van der Waals surface area contributed by atoms with Gasteiger partial charge in [0.25, 0.3) is 17.4 Å². The van der Waals surface area contributed by atoms with Gasteiger partial charge in [0.1, 0.15) is 5.76 Å². The van der Waals surface area contributed by atoms with Crippen LogP contribution in [0.15, 0.2) is 54.4 Å². The van der Waals surface area contributed by atoms with Crippen LogP contribution in [-0.4, -0.2) is 51.9 Å². The summed E-state index contributed by atoms with van der Waals surface area (Å²) in [4.78, 5) is 40.9. The summed E-state index contributed by atoms with van der Waals surface area (Å²) in [5.41, 5.74) is 0.293. The average molecular weight is 383 g/mol. The number of nitrogens with zero attached hydrogens (tertiary/aromatic N) is 3. The molecule has 1 unspecified atom stereocenters. The number of aliphatic hydroxyl groups excluding tert-OH is 1. The number of aliphatic hydroxyl groups is 1. The van der Waals surface area contributed by atoms with Crippen molar-refractivity contribution in [3.05, 3.63) is 75.6 Å². The maximum absolute atomic E-state index is 12.7. The van der Waals surface area contributed by atoms with Gasteiger partial charge < -0.3 is 14.7 Å². The minimum absolute atomic E-state index is 0.0815. The number of benzene rings is 1. The quantitative estimate of drug-likeness (QED) is 0.266. The minimum atomic E-state index is -0.859. The Balaban J connectivity index is 2.16. The summed E-state index contributed by atoms with van der Waals surface area (Å²) < 4.78 is 5.02. The summed E-state index contributed by atoms with van der Waals surface area (Å²) in [7, 11) is 1.47. The molecule has 2 heterocycles. The Morgan fingerprint density at radius 3 is 2.64 bits per heavy atom. The highest BCUT2D eigenvalue weighted by Gasteiger charge is 2.45. The summed E-state index contributed by atoms with van der Waals surface area (Å²) in [6, 6.07) is 7.69. The smallest absolute Gasteiger partial charge is 0.295 e. The van der Waals surface area contributed by atoms with E-state index < -0.39 is 28.4 Å². The van der Waals surface area contributed by atoms with Crippen LogP contribution in [0.5, 0.6) is 0 Å². The molecule has 1 atom stereocenters. The molecular weight excluding hydrogens is 366 g/mol. The van der Waals surface area contributed by atoms with Crippen molar-refractivity contribution in [2.45, 2.75) is 6.04 Å². The molecule has 144 valence electrons. The van der Waals surface area contributed by atoms with Gasteiger partial charge in [-0.1, -0.05) is 12.1 Å². The average Bonchev–Trinajstić information content (AvgIpc) is 2.97. The van der Waals surface area contributed by atoms with Gasteiger partial charge in [0.2, 0.25) is 0 Å². The van der Waals surface area contributed by atoms with Gasteiger partial charge in [0.15, 0.2) is 0 Å². The minimum Gasteiger partial charge on any atom is -0.507 e. The maximum Gasteiger partial charge on any atom is 0.295 e. The summed E-state index contributed by atoms with van der Waals surface area (Å²) in [6.45, 7) is 0.339. The van der Waals surface area contributed by atoms with E-state index in [0.717, 1.165) is 6.07 Å². The molecule has 1 saturated heterocycles. The number of aromatic nitrogens is 1. The molecule has 1 fully saturated rings. The molecule has 0 bridgehead atoms. The van der Waals surface area contributed by atoms with E-state index in [1.165, 1.54) is 42.6 Å². The van der Waals surface area contributed by atoms with Crippen molar-refractivity contribution in [1.29, 1.82) is 0 Å². The van der Waals surface area contributed by atoms with E-state index in [1.54, 1.807) is 12.1 Å². The first-order valence-corrected chi connectivity index (χ1v) is 8.37. The lowest BCUT2D eigenvalue weighted by molar-refractivity contribution is -0.384. The zero-order valence-corrected chi connectivity index (χ0v) is 14.9. The van der Waals surface area contributed by atoms with Gasteiger partial charge in [-0.05, 0) is 17.7 Å². The number of nitro groups is 1. The summed E-state index contributed by atoms with van der Waals surface area (Å²) in [5, 5.41) is 21.8. The number of pyridine rings is 1. The van der Waals surface area contributed by atoms with Gasteiger partial charge in [0, 0.05) is 43.7 Å². The van der Waals surface area contributed by atoms with E-state index in [4.69, 9.17) is 4.74 Å². The van der Waals surface area contributed by atoms with Crippen LogP contribution in [0.4, 0.5) is 5.69 Å². The standard InChI is InChI=1S/C19H17N3O6/c1-28-10-9-21-16(12-5-7-20-8-6-12)15(18(24)19(21)25)17(23)13-3-2-4-14(11-13)22(26)27/h2-8,11,16,23H,9-10H2,1H3/b17-15-. The number of methoxy groups -OCH3 is 1. The number of carbonyl (C=O) groups excluding carboxylic acids is 2. The van der Waals surface area contributed by atoms with Crippen LogP contribution in [0, 0.1) is 10.1 Å². The van der Waals surface area contributed by atoms with E-state index in [-0.39, 0.29) is 30.0 Å². The number of amides is 1. The molecule has 1 aliphatic heterocycles. The van der Waals surface area contributed by atoms with E-state index in [2.05, 4.69) is 4.98 Å². The first-order valence-electron chi connectivity index (χ1n) is 8.37. The number of Topliss-reactive ketones (excluding diaryl/α,β-unsaturated/α-hetero) is 1. The third-order valence-corrected chi connectivity index (χ3v) is 4.43. The first kappa shape index (κ1) is 19.2. The Kier molecular flexibility index (Phi) is 5.46. The van der Waals surface area contributed by atoms with Crippen LogP contribution in [0.2, 0.25) is 0 Å². The van der Waals surface area contributed by atoms with Crippen molar-refractivity contribution in [2.24, 2.45) is 0 Å². The fourth-order valence-electron chi connectivity index (χ4n) is 3.11. The first-order chi connectivity index (χ1) is 13.5. The second-order valence-corrected chi connectivity index (χ2v) is 6.07. The van der Waals surface area contributed by atoms with Crippen LogP contribution in [0.3, 0.4) is 0 Å². The molecule has 0 aliphatic carbocycles. The zero-order valence-electron chi connectivity index (χ0n) is 14.9. The van der Waals surface area contributed by atoms with Crippen LogP contribution >= 0.6 is 0 Å². The maximum atomic E-state index is 12.7. The lowest BCUT2D eigenvalue weighted by Gasteiger charge is -2.24. The molecule has 28 heavy (non-hydrogen) atoms. The van der Waals surface area contributed by atoms with Crippen molar-refractivity contribution < 1.29 is 24.4 Å². The van der Waals surface area contributed by atoms with Crippen molar-refractivity contribution in [3.8, 4) is 0 Å². The number of rotatable bonds is 6. The normalized spacial score (nSPS) is 18.5. The van der Waals surface area contributed by atoms with Gasteiger partial charge in [0.05, 0.1) is 23.1 Å². The molecule has 2 aromatic rings. The molecule has 0 spiro atoms. The van der Waals surface area contributed by atoms with E-state index in [1.807, 2.05) is 0 Å². The monoisotopic (exact) mass is 383 g/mol. The van der Waals surface area contributed by atoms with Crippen molar-refractivity contribution in [2.75, 3.05) is 20.3 Å². The highest BCUT2D eigenvalue weighted by Crippen LogP contribution is 2.39. The van der Waals surface area contributed by atoms with Crippen molar-refractivity contribution >= 4 is 23.1 Å². The Morgan fingerprint density at radius 2 is 2.00 bits per heavy atom. The molecular formula is C19H17N3O6. The molecule has 9 nitrogen and oxygen atoms in total. The van der Waals surface area contributed by atoms with Crippen LogP contribution in [-0.2, 0) is 14.3 Å². The molecule has 1 aromatic carbocycles. The summed E-state index contributed by atoms with van der Waals surface area (Å²) in [6.07, 6.45) is 3.03. The molecule has 3 rings (SSSR count). The topological polar surface area (TPSA) is 123 Å². The molecule has 1 aliphatic rings. The molecule has 1 N–H and O–H groups in total. The number of hydrogen-bond acceptors (Lipinski definition) is 7. The Morgan fingerprint density at radius 1 is 1.29 bits per heavy atom. The number of non-ortho nitro benzene ring substituents is 1. The number of nitro benzene ring substituents is 1. The fourth-order valence-corrected chi connectivity index (χ4v) is 3.11. The number of likely N-dealkylation sites (tertiary alicyclic amines) is 1. The van der Waals surface area contributed by atoms with Crippen molar-refractivity contribution in [3.63, 3.8) is 0 Å². The SMILES string of the molecule is COCCN1C(=O)C(=O)/C(=C(\O)c2cccc([N+](=O)[O-])c2)C1c1ccncc1. The zero-order chi connectivity index (χ0) is 20.3. The predicted octanol–water partition coefficient (Wildman–Crippen LogP) is 2.06. The van der Waals surface area contributed by atoms with Gasteiger partial charge in [-0.3, -0.25) is 24.7 Å². The fraction of sp³-hybridized carbons (Fsp3) is 0.211. The Bertz CT molecular complexity index is 957. The van der Waals surface area contributed by atoms with Gasteiger partial charge in [-0.25, -0.2) is 0 Å². The highest BCUT2D eigenvalue weighted by molar-refractivity contribution is 6.46. The second-order valence-electron chi connectivity index (χ2n) is 6.07. The number of hydrogen-bond donors (Lipinski definition) is 1. The van der Waals surface area contributed by atoms with Crippen molar-refractivity contribution in [1.82, 2.24) is 9.88 Å². The van der Waals surface area contributed by atoms with Crippen LogP contribution < -0.4 is 0 Å². The predicted molar refractivity (Wildman–Crippen MR) is 98.2 cm³/mol. The third-order valence-electron chi connectivity index (χ3n) is 4.43. The molecule has 9 heteroatoms. The molecule has 0 saturated carbocycles. The van der Waals surface area contributed by atoms with Gasteiger partial charge >= 0.3 is 0 Å². The number of ether oxygens (including phenoxy) is 1. The van der Waals surface area contributed by atoms with E-state index >= 15 is 0 Å².